The number of rotatable bonds is 2. The third-order valence-corrected chi connectivity index (χ3v) is 5.03. The van der Waals surface area contributed by atoms with E-state index in [4.69, 9.17) is 11.6 Å². The molecule has 1 aliphatic rings. The van der Waals surface area contributed by atoms with Gasteiger partial charge in [-0.3, -0.25) is 14.9 Å². The average molecular weight is 377 g/mol. The van der Waals surface area contributed by atoms with Crippen LogP contribution in [0.5, 0.6) is 0 Å². The van der Waals surface area contributed by atoms with E-state index in [9.17, 15) is 9.59 Å². The standard InChI is InChI=1S/C19H25ClN4O2/c1-19(2,3)17(26)24-9-5-6-12(11-24)16(25)22-18-21-14-10-13(20)7-8-15(14)23(18)4/h7-8,10,12H,5-6,9,11H2,1-4H3,(H,21,22,25). The monoisotopic (exact) mass is 376 g/mol. The molecule has 140 valence electrons. The summed E-state index contributed by atoms with van der Waals surface area (Å²) >= 11 is 6.02. The Morgan fingerprint density at radius 1 is 1.31 bits per heavy atom. The van der Waals surface area contributed by atoms with E-state index in [1.807, 2.05) is 43.4 Å². The minimum absolute atomic E-state index is 0.0902. The second-order valence-electron chi connectivity index (χ2n) is 7.96. The van der Waals surface area contributed by atoms with Gasteiger partial charge in [-0.15, -0.1) is 0 Å². The molecule has 1 saturated heterocycles. The highest BCUT2D eigenvalue weighted by atomic mass is 35.5. The number of benzene rings is 1. The number of carbonyl (C=O) groups is 2. The van der Waals surface area contributed by atoms with Gasteiger partial charge < -0.3 is 9.47 Å². The van der Waals surface area contributed by atoms with Gasteiger partial charge in [0.25, 0.3) is 0 Å². The zero-order valence-electron chi connectivity index (χ0n) is 15.7. The summed E-state index contributed by atoms with van der Waals surface area (Å²) in [5.74, 6) is 0.262. The van der Waals surface area contributed by atoms with Crippen LogP contribution >= 0.6 is 11.6 Å². The topological polar surface area (TPSA) is 67.2 Å². The first kappa shape index (κ1) is 18.7. The molecule has 1 atom stereocenters. The molecule has 0 saturated carbocycles. The summed E-state index contributed by atoms with van der Waals surface area (Å²) in [6, 6.07) is 5.45. The SMILES string of the molecule is Cn1c(NC(=O)C2CCCN(C(=O)C(C)(C)C)C2)nc2cc(Cl)ccc21. The van der Waals surface area contributed by atoms with E-state index in [1.165, 1.54) is 0 Å². The molecule has 1 aliphatic heterocycles. The van der Waals surface area contributed by atoms with Gasteiger partial charge in [0, 0.05) is 30.6 Å². The van der Waals surface area contributed by atoms with E-state index in [-0.39, 0.29) is 17.7 Å². The Morgan fingerprint density at radius 2 is 2.04 bits per heavy atom. The summed E-state index contributed by atoms with van der Waals surface area (Å²) < 4.78 is 1.84. The highest BCUT2D eigenvalue weighted by molar-refractivity contribution is 6.31. The highest BCUT2D eigenvalue weighted by Crippen LogP contribution is 2.26. The van der Waals surface area contributed by atoms with Gasteiger partial charge in [-0.25, -0.2) is 4.98 Å². The van der Waals surface area contributed by atoms with Crippen LogP contribution in [-0.2, 0) is 16.6 Å². The van der Waals surface area contributed by atoms with Crippen molar-refractivity contribution in [2.75, 3.05) is 18.4 Å². The first-order chi connectivity index (χ1) is 12.2. The van der Waals surface area contributed by atoms with Crippen LogP contribution in [0.4, 0.5) is 5.95 Å². The van der Waals surface area contributed by atoms with Gasteiger partial charge in [0.05, 0.1) is 17.0 Å². The minimum Gasteiger partial charge on any atom is -0.341 e. The molecule has 2 aromatic rings. The van der Waals surface area contributed by atoms with E-state index in [0.717, 1.165) is 23.9 Å². The van der Waals surface area contributed by atoms with Crippen LogP contribution in [0.2, 0.25) is 5.02 Å². The van der Waals surface area contributed by atoms with E-state index in [1.54, 1.807) is 12.1 Å². The van der Waals surface area contributed by atoms with Crippen LogP contribution < -0.4 is 5.32 Å². The summed E-state index contributed by atoms with van der Waals surface area (Å²) in [7, 11) is 1.86. The second kappa shape index (κ2) is 6.91. The zero-order chi connectivity index (χ0) is 19.1. The summed E-state index contributed by atoms with van der Waals surface area (Å²) in [5, 5.41) is 3.53. The van der Waals surface area contributed by atoms with Crippen molar-refractivity contribution >= 4 is 40.4 Å². The number of likely N-dealkylation sites (tertiary alicyclic amines) is 1. The quantitative estimate of drug-likeness (QED) is 0.872. The van der Waals surface area contributed by atoms with Crippen molar-refractivity contribution in [3.05, 3.63) is 23.2 Å². The minimum atomic E-state index is -0.435. The summed E-state index contributed by atoms with van der Waals surface area (Å²) in [4.78, 5) is 31.5. The maximum absolute atomic E-state index is 12.8. The van der Waals surface area contributed by atoms with Gasteiger partial charge in [0.1, 0.15) is 0 Å². The molecule has 1 unspecified atom stereocenters. The number of piperidine rings is 1. The van der Waals surface area contributed by atoms with Crippen LogP contribution in [0.1, 0.15) is 33.6 Å². The fraction of sp³-hybridized carbons (Fsp3) is 0.526. The number of hydrogen-bond donors (Lipinski definition) is 1. The van der Waals surface area contributed by atoms with Crippen LogP contribution in [0.25, 0.3) is 11.0 Å². The third kappa shape index (κ3) is 3.70. The number of aryl methyl sites for hydroxylation is 1. The van der Waals surface area contributed by atoms with Gasteiger partial charge in [-0.1, -0.05) is 32.4 Å². The van der Waals surface area contributed by atoms with Crippen LogP contribution in [-0.4, -0.2) is 39.4 Å². The number of aromatic nitrogens is 2. The Morgan fingerprint density at radius 3 is 2.73 bits per heavy atom. The van der Waals surface area contributed by atoms with Crippen molar-refractivity contribution in [1.29, 1.82) is 0 Å². The summed E-state index contributed by atoms with van der Waals surface area (Å²) in [5.41, 5.74) is 1.20. The lowest BCUT2D eigenvalue weighted by Crippen LogP contribution is -2.47. The molecule has 2 amide bonds. The van der Waals surface area contributed by atoms with Crippen molar-refractivity contribution in [3.8, 4) is 0 Å². The molecule has 2 heterocycles. The van der Waals surface area contributed by atoms with Gasteiger partial charge in [0.2, 0.25) is 17.8 Å². The Bertz CT molecular complexity index is 853. The van der Waals surface area contributed by atoms with Gasteiger partial charge in [-0.05, 0) is 31.0 Å². The second-order valence-corrected chi connectivity index (χ2v) is 8.39. The van der Waals surface area contributed by atoms with Crippen molar-refractivity contribution in [1.82, 2.24) is 14.5 Å². The predicted molar refractivity (Wildman–Crippen MR) is 103 cm³/mol. The van der Waals surface area contributed by atoms with Crippen LogP contribution in [0, 0.1) is 11.3 Å². The molecule has 3 rings (SSSR count). The van der Waals surface area contributed by atoms with Crippen molar-refractivity contribution < 1.29 is 9.59 Å². The number of halogens is 1. The lowest BCUT2D eigenvalue weighted by atomic mass is 9.91. The molecule has 0 bridgehead atoms. The van der Waals surface area contributed by atoms with Gasteiger partial charge >= 0.3 is 0 Å². The highest BCUT2D eigenvalue weighted by Gasteiger charge is 2.33. The maximum atomic E-state index is 12.8. The van der Waals surface area contributed by atoms with Crippen LogP contribution in [0.15, 0.2) is 18.2 Å². The maximum Gasteiger partial charge on any atom is 0.231 e. The molecular formula is C19H25ClN4O2. The van der Waals surface area contributed by atoms with Gasteiger partial charge in [0.15, 0.2) is 0 Å². The van der Waals surface area contributed by atoms with E-state index < -0.39 is 5.41 Å². The van der Waals surface area contributed by atoms with Crippen molar-refractivity contribution in [3.63, 3.8) is 0 Å². The number of carbonyl (C=O) groups excluding carboxylic acids is 2. The fourth-order valence-corrected chi connectivity index (χ4v) is 3.51. The molecule has 7 heteroatoms. The molecule has 1 aromatic carbocycles. The Hall–Kier alpha value is -2.08. The third-order valence-electron chi connectivity index (χ3n) is 4.80. The lowest BCUT2D eigenvalue weighted by molar-refractivity contribution is -0.142. The number of anilines is 1. The number of imidazole rings is 1. The number of fused-ring (bicyclic) bond motifs is 1. The summed E-state index contributed by atoms with van der Waals surface area (Å²) in [6.45, 7) is 6.89. The molecule has 26 heavy (non-hydrogen) atoms. The van der Waals surface area contributed by atoms with Gasteiger partial charge in [-0.2, -0.15) is 0 Å². The molecule has 1 N–H and O–H groups in total. The molecular weight excluding hydrogens is 352 g/mol. The first-order valence-corrected chi connectivity index (χ1v) is 9.27. The first-order valence-electron chi connectivity index (χ1n) is 8.89. The van der Waals surface area contributed by atoms with Crippen molar-refractivity contribution in [2.24, 2.45) is 18.4 Å². The molecule has 6 nitrogen and oxygen atoms in total. The predicted octanol–water partition coefficient (Wildman–Crippen LogP) is 3.45. The van der Waals surface area contributed by atoms with E-state index in [0.29, 0.717) is 24.1 Å². The van der Waals surface area contributed by atoms with Crippen LogP contribution in [0.3, 0.4) is 0 Å². The van der Waals surface area contributed by atoms with Crippen molar-refractivity contribution in [2.45, 2.75) is 33.6 Å². The number of hydrogen-bond acceptors (Lipinski definition) is 3. The normalized spacial score (nSPS) is 18.2. The summed E-state index contributed by atoms with van der Waals surface area (Å²) in [6.07, 6.45) is 1.60. The Labute approximate surface area is 158 Å². The Kier molecular flexibility index (Phi) is 4.97. The molecule has 1 aromatic heterocycles. The van der Waals surface area contributed by atoms with E-state index >= 15 is 0 Å². The molecule has 1 fully saturated rings. The fourth-order valence-electron chi connectivity index (χ4n) is 3.35. The Balaban J connectivity index is 1.74. The number of nitrogens with one attached hydrogen (secondary N) is 1. The lowest BCUT2D eigenvalue weighted by Gasteiger charge is -2.35. The largest absolute Gasteiger partial charge is 0.341 e. The average Bonchev–Trinajstić information content (AvgIpc) is 2.88. The molecule has 0 aliphatic carbocycles. The number of nitrogens with zero attached hydrogens (tertiary/aromatic N) is 3. The smallest absolute Gasteiger partial charge is 0.231 e. The zero-order valence-corrected chi connectivity index (χ0v) is 16.4. The molecule has 0 radical (unpaired) electrons. The van der Waals surface area contributed by atoms with E-state index in [2.05, 4.69) is 10.3 Å². The molecule has 0 spiro atoms. The number of amides is 2.